The Kier molecular flexibility index (Phi) is 9.77. The number of nitrogens with one attached hydrogen (secondary N) is 1. The fourth-order valence-corrected chi connectivity index (χ4v) is 4.42. The Morgan fingerprint density at radius 1 is 0.853 bits per heavy atom. The summed E-state index contributed by atoms with van der Waals surface area (Å²) in [6, 6.07) is 27.4. The summed E-state index contributed by atoms with van der Waals surface area (Å²) in [4.78, 5) is 29.8. The van der Waals surface area contributed by atoms with Crippen LogP contribution in [0.3, 0.4) is 0 Å². The van der Waals surface area contributed by atoms with E-state index in [9.17, 15) is 9.59 Å². The molecule has 0 aromatic heterocycles. The summed E-state index contributed by atoms with van der Waals surface area (Å²) >= 11 is 1.50. The van der Waals surface area contributed by atoms with E-state index in [0.717, 1.165) is 21.6 Å². The van der Waals surface area contributed by atoms with Crippen LogP contribution < -0.4 is 5.32 Å². The van der Waals surface area contributed by atoms with Crippen LogP contribution in [0.1, 0.15) is 30.5 Å². The average molecular weight is 475 g/mol. The van der Waals surface area contributed by atoms with Crippen molar-refractivity contribution in [3.8, 4) is 0 Å². The predicted molar refractivity (Wildman–Crippen MR) is 141 cm³/mol. The van der Waals surface area contributed by atoms with Gasteiger partial charge >= 0.3 is 0 Å². The van der Waals surface area contributed by atoms with E-state index in [-0.39, 0.29) is 17.6 Å². The van der Waals surface area contributed by atoms with E-state index in [4.69, 9.17) is 0 Å². The first kappa shape index (κ1) is 25.6. The molecule has 0 radical (unpaired) electrons. The summed E-state index contributed by atoms with van der Waals surface area (Å²) < 4.78 is 0. The quantitative estimate of drug-likeness (QED) is 0.373. The maximum Gasteiger partial charge on any atom is 0.243 e. The first-order valence-electron chi connectivity index (χ1n) is 11.8. The lowest BCUT2D eigenvalue weighted by Gasteiger charge is -2.32. The van der Waals surface area contributed by atoms with Gasteiger partial charge in [-0.05, 0) is 36.1 Å². The molecule has 0 fully saturated rings. The second-order valence-electron chi connectivity index (χ2n) is 8.95. The minimum Gasteiger partial charge on any atom is -0.354 e. The monoisotopic (exact) mass is 474 g/mol. The molecule has 0 aliphatic heterocycles. The zero-order valence-corrected chi connectivity index (χ0v) is 21.1. The Bertz CT molecular complexity index is 1040. The number of nitrogens with zero attached hydrogens (tertiary/aromatic N) is 1. The molecule has 0 aliphatic rings. The number of hydrogen-bond donors (Lipinski definition) is 1. The smallest absolute Gasteiger partial charge is 0.243 e. The first-order chi connectivity index (χ1) is 16.4. The summed E-state index contributed by atoms with van der Waals surface area (Å²) in [6.45, 7) is 7.15. The molecule has 1 N–H and O–H groups in total. The number of rotatable bonds is 11. The molecule has 4 nitrogen and oxygen atoms in total. The van der Waals surface area contributed by atoms with E-state index in [2.05, 4.69) is 19.2 Å². The standard InChI is InChI=1S/C29H34N2O2S/c1-22(2)19-30-29(33)27(18-24-10-6-4-7-11-24)31(20-25-16-14-23(3)15-17-25)28(32)21-34-26-12-8-5-9-13-26/h4-17,22,27H,18-21H2,1-3H3,(H,30,33). The molecule has 1 atom stereocenters. The van der Waals surface area contributed by atoms with E-state index in [1.165, 1.54) is 11.8 Å². The molecule has 3 aromatic carbocycles. The second-order valence-corrected chi connectivity index (χ2v) is 10.0. The Morgan fingerprint density at radius 2 is 1.47 bits per heavy atom. The van der Waals surface area contributed by atoms with Crippen LogP contribution in [0.25, 0.3) is 0 Å². The molecule has 0 heterocycles. The molecular formula is C29H34N2O2S. The van der Waals surface area contributed by atoms with Crippen molar-refractivity contribution in [3.63, 3.8) is 0 Å². The van der Waals surface area contributed by atoms with E-state index >= 15 is 0 Å². The van der Waals surface area contributed by atoms with Gasteiger partial charge in [0.05, 0.1) is 5.75 Å². The third-order valence-electron chi connectivity index (χ3n) is 5.53. The highest BCUT2D eigenvalue weighted by Crippen LogP contribution is 2.21. The second kappa shape index (κ2) is 13.0. The number of amides is 2. The van der Waals surface area contributed by atoms with Crippen LogP contribution in [-0.4, -0.2) is 35.1 Å². The SMILES string of the molecule is Cc1ccc(CN(C(=O)CSc2ccccc2)C(Cc2ccccc2)C(=O)NCC(C)C)cc1. The van der Waals surface area contributed by atoms with Crippen LogP contribution in [0.15, 0.2) is 89.8 Å². The number of benzene rings is 3. The van der Waals surface area contributed by atoms with Crippen molar-refractivity contribution in [1.29, 1.82) is 0 Å². The highest BCUT2D eigenvalue weighted by Gasteiger charge is 2.30. The number of aryl methyl sites for hydroxylation is 1. The highest BCUT2D eigenvalue weighted by atomic mass is 32.2. The van der Waals surface area contributed by atoms with E-state index < -0.39 is 6.04 Å². The Hall–Kier alpha value is -3.05. The summed E-state index contributed by atoms with van der Waals surface area (Å²) in [5.41, 5.74) is 3.21. The molecule has 0 saturated heterocycles. The minimum atomic E-state index is -0.591. The van der Waals surface area contributed by atoms with Crippen molar-refractivity contribution in [2.45, 2.75) is 44.7 Å². The summed E-state index contributed by atoms with van der Waals surface area (Å²) in [5, 5.41) is 3.07. The van der Waals surface area contributed by atoms with Gasteiger partial charge in [-0.3, -0.25) is 9.59 Å². The van der Waals surface area contributed by atoms with Crippen molar-refractivity contribution in [2.75, 3.05) is 12.3 Å². The summed E-state index contributed by atoms with van der Waals surface area (Å²) in [6.07, 6.45) is 0.471. The number of thioether (sulfide) groups is 1. The van der Waals surface area contributed by atoms with Gasteiger partial charge in [-0.2, -0.15) is 0 Å². The lowest BCUT2D eigenvalue weighted by atomic mass is 10.0. The van der Waals surface area contributed by atoms with Crippen LogP contribution >= 0.6 is 11.8 Å². The van der Waals surface area contributed by atoms with Gasteiger partial charge in [-0.25, -0.2) is 0 Å². The van der Waals surface area contributed by atoms with Crippen molar-refractivity contribution < 1.29 is 9.59 Å². The number of hydrogen-bond acceptors (Lipinski definition) is 3. The normalized spacial score (nSPS) is 11.8. The average Bonchev–Trinajstić information content (AvgIpc) is 2.85. The van der Waals surface area contributed by atoms with Crippen molar-refractivity contribution in [1.82, 2.24) is 10.2 Å². The molecule has 3 rings (SSSR count). The van der Waals surface area contributed by atoms with Crippen LogP contribution in [-0.2, 0) is 22.6 Å². The molecule has 1 unspecified atom stereocenters. The molecule has 5 heteroatoms. The molecule has 0 saturated carbocycles. The Balaban J connectivity index is 1.88. The van der Waals surface area contributed by atoms with Crippen molar-refractivity contribution in [3.05, 3.63) is 102 Å². The summed E-state index contributed by atoms with van der Waals surface area (Å²) in [5.74, 6) is 0.451. The van der Waals surface area contributed by atoms with E-state index in [1.807, 2.05) is 91.9 Å². The topological polar surface area (TPSA) is 49.4 Å². The maximum atomic E-state index is 13.6. The highest BCUT2D eigenvalue weighted by molar-refractivity contribution is 8.00. The van der Waals surface area contributed by atoms with Crippen LogP contribution in [0.4, 0.5) is 0 Å². The lowest BCUT2D eigenvalue weighted by Crippen LogP contribution is -2.51. The van der Waals surface area contributed by atoms with Crippen LogP contribution in [0.5, 0.6) is 0 Å². The number of carbonyl (C=O) groups excluding carboxylic acids is 2. The van der Waals surface area contributed by atoms with Gasteiger partial charge in [0.1, 0.15) is 6.04 Å². The van der Waals surface area contributed by atoms with Gasteiger partial charge < -0.3 is 10.2 Å². The molecule has 3 aromatic rings. The fourth-order valence-electron chi connectivity index (χ4n) is 3.61. The zero-order valence-electron chi connectivity index (χ0n) is 20.2. The van der Waals surface area contributed by atoms with Gasteiger partial charge in [-0.15, -0.1) is 11.8 Å². The molecule has 34 heavy (non-hydrogen) atoms. The van der Waals surface area contributed by atoms with Gasteiger partial charge in [0.2, 0.25) is 11.8 Å². The van der Waals surface area contributed by atoms with Gasteiger partial charge in [-0.1, -0.05) is 92.2 Å². The largest absolute Gasteiger partial charge is 0.354 e. The third-order valence-corrected chi connectivity index (χ3v) is 6.53. The first-order valence-corrected chi connectivity index (χ1v) is 12.8. The maximum absolute atomic E-state index is 13.6. The third kappa shape index (κ3) is 8.07. The molecule has 178 valence electrons. The summed E-state index contributed by atoms with van der Waals surface area (Å²) in [7, 11) is 0. The van der Waals surface area contributed by atoms with E-state index in [0.29, 0.717) is 25.4 Å². The Labute approximate surface area is 207 Å². The minimum absolute atomic E-state index is 0.0462. The lowest BCUT2D eigenvalue weighted by molar-refractivity contribution is -0.139. The van der Waals surface area contributed by atoms with Gasteiger partial charge in [0.25, 0.3) is 0 Å². The van der Waals surface area contributed by atoms with Gasteiger partial charge in [0, 0.05) is 24.4 Å². The Morgan fingerprint density at radius 3 is 2.09 bits per heavy atom. The van der Waals surface area contributed by atoms with Crippen molar-refractivity contribution >= 4 is 23.6 Å². The van der Waals surface area contributed by atoms with Crippen molar-refractivity contribution in [2.24, 2.45) is 5.92 Å². The molecule has 0 aliphatic carbocycles. The van der Waals surface area contributed by atoms with Crippen LogP contribution in [0.2, 0.25) is 0 Å². The zero-order chi connectivity index (χ0) is 24.3. The predicted octanol–water partition coefficient (Wildman–Crippen LogP) is 5.50. The molecule has 0 spiro atoms. The molecule has 0 bridgehead atoms. The van der Waals surface area contributed by atoms with E-state index in [1.54, 1.807) is 4.90 Å². The number of carbonyl (C=O) groups is 2. The fraction of sp³-hybridized carbons (Fsp3) is 0.310. The van der Waals surface area contributed by atoms with Crippen LogP contribution in [0, 0.1) is 12.8 Å². The molecular weight excluding hydrogens is 440 g/mol. The molecule has 2 amide bonds. The van der Waals surface area contributed by atoms with Gasteiger partial charge in [0.15, 0.2) is 0 Å².